The Kier molecular flexibility index (Phi) is 3.82. The van der Waals surface area contributed by atoms with Crippen LogP contribution in [0.15, 0.2) is 36.4 Å². The number of carbonyl (C=O) groups is 1. The van der Waals surface area contributed by atoms with Crippen LogP contribution < -0.4 is 5.32 Å². The number of hydrogen-bond acceptors (Lipinski definition) is 3. The van der Waals surface area contributed by atoms with E-state index in [0.29, 0.717) is 5.56 Å². The lowest BCUT2D eigenvalue weighted by Gasteiger charge is -2.09. The molecule has 1 aromatic heterocycles. The zero-order valence-corrected chi connectivity index (χ0v) is 13.8. The van der Waals surface area contributed by atoms with E-state index in [1.54, 1.807) is 12.1 Å². The summed E-state index contributed by atoms with van der Waals surface area (Å²) in [6, 6.07) is 11.4. The van der Waals surface area contributed by atoms with Gasteiger partial charge in [0.15, 0.2) is 0 Å². The summed E-state index contributed by atoms with van der Waals surface area (Å²) in [7, 11) is 0. The molecule has 0 spiro atoms. The molecule has 2 aromatic carbocycles. The standard InChI is InChI=1S/C19H19N3O/c1-11-7-12(2)9-16(8-11)22-19(23)15-5-6-17-18(10-15)21-14(4)13(3)20-17/h5-10H,1-4H3,(H,22,23). The number of aryl methyl sites for hydroxylation is 4. The minimum absolute atomic E-state index is 0.142. The summed E-state index contributed by atoms with van der Waals surface area (Å²) in [6.45, 7) is 7.88. The molecule has 3 aromatic rings. The first kappa shape index (κ1) is 15.2. The number of nitrogens with one attached hydrogen (secondary N) is 1. The van der Waals surface area contributed by atoms with E-state index in [1.807, 2.05) is 45.9 Å². The van der Waals surface area contributed by atoms with Gasteiger partial charge in [0.1, 0.15) is 0 Å². The van der Waals surface area contributed by atoms with E-state index >= 15 is 0 Å². The van der Waals surface area contributed by atoms with Crippen molar-refractivity contribution in [2.24, 2.45) is 0 Å². The molecule has 0 saturated carbocycles. The van der Waals surface area contributed by atoms with Crippen LogP contribution in [0.5, 0.6) is 0 Å². The summed E-state index contributed by atoms with van der Waals surface area (Å²) in [6.07, 6.45) is 0. The summed E-state index contributed by atoms with van der Waals surface area (Å²) >= 11 is 0. The van der Waals surface area contributed by atoms with Gasteiger partial charge in [0, 0.05) is 11.3 Å². The van der Waals surface area contributed by atoms with Crippen molar-refractivity contribution in [2.75, 3.05) is 5.32 Å². The Morgan fingerprint density at radius 3 is 2.09 bits per heavy atom. The fourth-order valence-electron chi connectivity index (χ4n) is 2.62. The van der Waals surface area contributed by atoms with E-state index in [1.165, 1.54) is 0 Å². The Morgan fingerprint density at radius 1 is 0.826 bits per heavy atom. The van der Waals surface area contributed by atoms with Crippen molar-refractivity contribution in [1.82, 2.24) is 9.97 Å². The van der Waals surface area contributed by atoms with Gasteiger partial charge in [-0.2, -0.15) is 0 Å². The molecule has 23 heavy (non-hydrogen) atoms. The van der Waals surface area contributed by atoms with Gasteiger partial charge in [0.2, 0.25) is 0 Å². The zero-order valence-electron chi connectivity index (χ0n) is 13.8. The molecule has 0 radical (unpaired) electrons. The van der Waals surface area contributed by atoms with Gasteiger partial charge in [0.05, 0.1) is 22.4 Å². The van der Waals surface area contributed by atoms with Crippen molar-refractivity contribution in [1.29, 1.82) is 0 Å². The van der Waals surface area contributed by atoms with Gasteiger partial charge in [-0.25, -0.2) is 9.97 Å². The van der Waals surface area contributed by atoms with Gasteiger partial charge in [-0.3, -0.25) is 4.79 Å². The second-order valence-corrected chi connectivity index (χ2v) is 5.93. The molecule has 0 aliphatic carbocycles. The number of carbonyl (C=O) groups excluding carboxylic acids is 1. The fraction of sp³-hybridized carbons (Fsp3) is 0.211. The fourth-order valence-corrected chi connectivity index (χ4v) is 2.62. The Hall–Kier alpha value is -2.75. The maximum Gasteiger partial charge on any atom is 0.255 e. The third-order valence-electron chi connectivity index (χ3n) is 3.82. The highest BCUT2D eigenvalue weighted by molar-refractivity contribution is 6.05. The highest BCUT2D eigenvalue weighted by Crippen LogP contribution is 2.18. The van der Waals surface area contributed by atoms with E-state index < -0.39 is 0 Å². The van der Waals surface area contributed by atoms with Gasteiger partial charge in [-0.1, -0.05) is 6.07 Å². The van der Waals surface area contributed by atoms with Crippen LogP contribution >= 0.6 is 0 Å². The van der Waals surface area contributed by atoms with Gasteiger partial charge >= 0.3 is 0 Å². The van der Waals surface area contributed by atoms with E-state index in [4.69, 9.17) is 0 Å². The summed E-state index contributed by atoms with van der Waals surface area (Å²) < 4.78 is 0. The average molecular weight is 305 g/mol. The van der Waals surface area contributed by atoms with Crippen molar-refractivity contribution in [2.45, 2.75) is 27.7 Å². The van der Waals surface area contributed by atoms with E-state index in [-0.39, 0.29) is 5.91 Å². The van der Waals surface area contributed by atoms with Crippen molar-refractivity contribution in [3.63, 3.8) is 0 Å². The third-order valence-corrected chi connectivity index (χ3v) is 3.82. The molecule has 1 N–H and O–H groups in total. The molecular weight excluding hydrogens is 286 g/mol. The molecule has 116 valence electrons. The monoisotopic (exact) mass is 305 g/mol. The van der Waals surface area contributed by atoms with Crippen LogP contribution in [0.1, 0.15) is 32.9 Å². The molecule has 0 unspecified atom stereocenters. The molecule has 1 heterocycles. The predicted octanol–water partition coefficient (Wildman–Crippen LogP) is 4.12. The number of nitrogens with zero attached hydrogens (tertiary/aromatic N) is 2. The van der Waals surface area contributed by atoms with Crippen LogP contribution in [0, 0.1) is 27.7 Å². The molecule has 0 fully saturated rings. The molecule has 0 aliphatic heterocycles. The molecule has 3 rings (SSSR count). The minimum atomic E-state index is -0.142. The van der Waals surface area contributed by atoms with Gasteiger partial charge in [0.25, 0.3) is 5.91 Å². The Labute approximate surface area is 135 Å². The van der Waals surface area contributed by atoms with Crippen LogP contribution in [0.2, 0.25) is 0 Å². The average Bonchev–Trinajstić information content (AvgIpc) is 2.47. The first-order chi connectivity index (χ1) is 10.9. The number of aromatic nitrogens is 2. The summed E-state index contributed by atoms with van der Waals surface area (Å²) in [5.74, 6) is -0.142. The lowest BCUT2D eigenvalue weighted by atomic mass is 10.1. The number of anilines is 1. The molecular formula is C19H19N3O. The van der Waals surface area contributed by atoms with Gasteiger partial charge < -0.3 is 5.32 Å². The SMILES string of the molecule is Cc1cc(C)cc(NC(=O)c2ccc3nc(C)c(C)nc3c2)c1. The first-order valence-corrected chi connectivity index (χ1v) is 7.57. The number of amides is 1. The molecule has 0 bridgehead atoms. The second kappa shape index (κ2) is 5.80. The lowest BCUT2D eigenvalue weighted by Crippen LogP contribution is -2.12. The normalized spacial score (nSPS) is 10.8. The van der Waals surface area contributed by atoms with E-state index in [9.17, 15) is 4.79 Å². The first-order valence-electron chi connectivity index (χ1n) is 7.57. The Bertz CT molecular complexity index is 896. The molecule has 0 saturated heterocycles. The van der Waals surface area contributed by atoms with E-state index in [0.717, 1.165) is 39.2 Å². The molecule has 0 aliphatic rings. The van der Waals surface area contributed by atoms with Gasteiger partial charge in [-0.15, -0.1) is 0 Å². The smallest absolute Gasteiger partial charge is 0.255 e. The number of hydrogen-bond donors (Lipinski definition) is 1. The van der Waals surface area contributed by atoms with Crippen molar-refractivity contribution >= 4 is 22.6 Å². The lowest BCUT2D eigenvalue weighted by molar-refractivity contribution is 0.102. The second-order valence-electron chi connectivity index (χ2n) is 5.93. The van der Waals surface area contributed by atoms with Crippen molar-refractivity contribution in [3.05, 3.63) is 64.5 Å². The minimum Gasteiger partial charge on any atom is -0.322 e. The van der Waals surface area contributed by atoms with Crippen molar-refractivity contribution < 1.29 is 4.79 Å². The van der Waals surface area contributed by atoms with Crippen LogP contribution in [0.4, 0.5) is 5.69 Å². The Balaban J connectivity index is 1.92. The molecule has 4 nitrogen and oxygen atoms in total. The summed E-state index contributed by atoms with van der Waals surface area (Å²) in [4.78, 5) is 21.5. The maximum atomic E-state index is 12.5. The summed E-state index contributed by atoms with van der Waals surface area (Å²) in [5, 5.41) is 2.94. The van der Waals surface area contributed by atoms with Gasteiger partial charge in [-0.05, 0) is 69.2 Å². The maximum absolute atomic E-state index is 12.5. The highest BCUT2D eigenvalue weighted by atomic mass is 16.1. The zero-order chi connectivity index (χ0) is 16.6. The van der Waals surface area contributed by atoms with Crippen LogP contribution in [-0.4, -0.2) is 15.9 Å². The highest BCUT2D eigenvalue weighted by Gasteiger charge is 2.09. The van der Waals surface area contributed by atoms with Crippen molar-refractivity contribution in [3.8, 4) is 0 Å². The third kappa shape index (κ3) is 3.21. The summed E-state index contributed by atoms with van der Waals surface area (Å²) in [5.41, 5.74) is 6.95. The molecule has 4 heteroatoms. The number of fused-ring (bicyclic) bond motifs is 1. The topological polar surface area (TPSA) is 54.9 Å². The number of benzene rings is 2. The molecule has 0 atom stereocenters. The Morgan fingerprint density at radius 2 is 1.43 bits per heavy atom. The van der Waals surface area contributed by atoms with E-state index in [2.05, 4.69) is 21.4 Å². The van der Waals surface area contributed by atoms with Crippen LogP contribution in [-0.2, 0) is 0 Å². The largest absolute Gasteiger partial charge is 0.322 e. The van der Waals surface area contributed by atoms with Crippen LogP contribution in [0.3, 0.4) is 0 Å². The molecule has 1 amide bonds. The quantitative estimate of drug-likeness (QED) is 0.775. The predicted molar refractivity (Wildman–Crippen MR) is 92.9 cm³/mol. The number of rotatable bonds is 2. The van der Waals surface area contributed by atoms with Crippen LogP contribution in [0.25, 0.3) is 11.0 Å².